The Labute approximate surface area is 160 Å². The molecule has 27 heavy (non-hydrogen) atoms. The Kier molecular flexibility index (Phi) is 8.76. The van der Waals surface area contributed by atoms with Gasteiger partial charge in [-0.1, -0.05) is 13.3 Å². The number of aryl methyl sites for hydroxylation is 1. The molecule has 0 aliphatic heterocycles. The first-order valence-corrected chi connectivity index (χ1v) is 9.69. The Hall–Kier alpha value is -2.42. The van der Waals surface area contributed by atoms with E-state index in [9.17, 15) is 5.11 Å². The standard InChI is InChI=1S/C18H32N8O/c1-4-6-14(7-10-27)11-22-18(19-5-2)21-9-8-20-16-15-12-25-26(3)17(15)24-13-23-16/h12-14,27H,4-11H2,1-3H3,(H2,19,21,22)(H,20,23,24). The molecule has 0 aliphatic rings. The van der Waals surface area contributed by atoms with E-state index in [4.69, 9.17) is 0 Å². The third-order valence-corrected chi connectivity index (χ3v) is 4.33. The summed E-state index contributed by atoms with van der Waals surface area (Å²) >= 11 is 0. The molecular formula is C18H32N8O. The van der Waals surface area contributed by atoms with Crippen molar-refractivity contribution in [3.8, 4) is 0 Å². The van der Waals surface area contributed by atoms with E-state index in [1.54, 1.807) is 17.2 Å². The van der Waals surface area contributed by atoms with Crippen LogP contribution in [0.25, 0.3) is 11.0 Å². The van der Waals surface area contributed by atoms with Crippen LogP contribution in [0.1, 0.15) is 33.1 Å². The zero-order valence-electron chi connectivity index (χ0n) is 16.6. The van der Waals surface area contributed by atoms with Crippen LogP contribution in [0.4, 0.5) is 5.82 Å². The van der Waals surface area contributed by atoms with Crippen LogP contribution < -0.4 is 16.0 Å². The minimum absolute atomic E-state index is 0.218. The van der Waals surface area contributed by atoms with Gasteiger partial charge in [-0.25, -0.2) is 9.97 Å². The van der Waals surface area contributed by atoms with Crippen LogP contribution in [0.2, 0.25) is 0 Å². The average molecular weight is 377 g/mol. The van der Waals surface area contributed by atoms with Gasteiger partial charge in [0.25, 0.3) is 0 Å². The largest absolute Gasteiger partial charge is 0.396 e. The van der Waals surface area contributed by atoms with Crippen LogP contribution in [-0.4, -0.2) is 63.6 Å². The summed E-state index contributed by atoms with van der Waals surface area (Å²) in [5, 5.41) is 24.2. The molecular weight excluding hydrogens is 344 g/mol. The lowest BCUT2D eigenvalue weighted by molar-refractivity contribution is 0.253. The van der Waals surface area contributed by atoms with Crippen molar-refractivity contribution < 1.29 is 5.11 Å². The Morgan fingerprint density at radius 2 is 2.07 bits per heavy atom. The van der Waals surface area contributed by atoms with Crippen molar-refractivity contribution in [2.75, 3.05) is 38.1 Å². The minimum atomic E-state index is 0.218. The molecule has 0 radical (unpaired) electrons. The smallest absolute Gasteiger partial charge is 0.191 e. The normalized spacial score (nSPS) is 13.0. The molecule has 2 rings (SSSR count). The molecule has 2 aromatic heterocycles. The van der Waals surface area contributed by atoms with Gasteiger partial charge >= 0.3 is 0 Å². The summed E-state index contributed by atoms with van der Waals surface area (Å²) < 4.78 is 1.73. The van der Waals surface area contributed by atoms with Crippen LogP contribution in [0.3, 0.4) is 0 Å². The van der Waals surface area contributed by atoms with Gasteiger partial charge in [-0.3, -0.25) is 9.67 Å². The van der Waals surface area contributed by atoms with Gasteiger partial charge in [0.15, 0.2) is 11.6 Å². The summed E-state index contributed by atoms with van der Waals surface area (Å²) in [5.74, 6) is 2.00. The highest BCUT2D eigenvalue weighted by molar-refractivity contribution is 5.86. The van der Waals surface area contributed by atoms with Crippen molar-refractivity contribution in [2.24, 2.45) is 18.0 Å². The van der Waals surface area contributed by atoms with Crippen LogP contribution >= 0.6 is 0 Å². The van der Waals surface area contributed by atoms with Gasteiger partial charge in [0.05, 0.1) is 11.6 Å². The van der Waals surface area contributed by atoms with Gasteiger partial charge in [-0.05, 0) is 25.7 Å². The Morgan fingerprint density at radius 1 is 1.22 bits per heavy atom. The number of aliphatic imine (C=N–C) groups is 1. The average Bonchev–Trinajstić information content (AvgIpc) is 3.05. The molecule has 0 saturated heterocycles. The molecule has 9 nitrogen and oxygen atoms in total. The summed E-state index contributed by atoms with van der Waals surface area (Å²) in [5.41, 5.74) is 0.807. The van der Waals surface area contributed by atoms with Gasteiger partial charge < -0.3 is 21.1 Å². The zero-order chi connectivity index (χ0) is 19.5. The summed E-state index contributed by atoms with van der Waals surface area (Å²) in [6.45, 7) is 7.36. The minimum Gasteiger partial charge on any atom is -0.396 e. The van der Waals surface area contributed by atoms with Gasteiger partial charge in [0, 0.05) is 39.8 Å². The van der Waals surface area contributed by atoms with Crippen LogP contribution in [0.15, 0.2) is 17.5 Å². The molecule has 0 fully saturated rings. The monoisotopic (exact) mass is 376 g/mol. The Morgan fingerprint density at radius 3 is 2.81 bits per heavy atom. The van der Waals surface area contributed by atoms with E-state index in [-0.39, 0.29) is 6.61 Å². The third-order valence-electron chi connectivity index (χ3n) is 4.33. The van der Waals surface area contributed by atoms with E-state index >= 15 is 0 Å². The molecule has 0 aliphatic carbocycles. The maximum absolute atomic E-state index is 9.19. The molecule has 2 aromatic rings. The first-order chi connectivity index (χ1) is 13.2. The fraction of sp³-hybridized carbons (Fsp3) is 0.667. The van der Waals surface area contributed by atoms with Gasteiger partial charge in [0.2, 0.25) is 0 Å². The van der Waals surface area contributed by atoms with Gasteiger partial charge in [0.1, 0.15) is 12.1 Å². The summed E-state index contributed by atoms with van der Waals surface area (Å²) in [6, 6.07) is 0. The van der Waals surface area contributed by atoms with Crippen molar-refractivity contribution in [3.05, 3.63) is 12.5 Å². The highest BCUT2D eigenvalue weighted by Gasteiger charge is 2.08. The predicted octanol–water partition coefficient (Wildman–Crippen LogP) is 1.13. The Bertz CT molecular complexity index is 708. The van der Waals surface area contributed by atoms with Crippen molar-refractivity contribution in [3.63, 3.8) is 0 Å². The molecule has 9 heteroatoms. The highest BCUT2D eigenvalue weighted by Crippen LogP contribution is 2.17. The number of anilines is 1. The molecule has 0 aromatic carbocycles. The van der Waals surface area contributed by atoms with Crippen LogP contribution in [-0.2, 0) is 7.05 Å². The maximum atomic E-state index is 9.19. The van der Waals surface area contributed by atoms with Gasteiger partial charge in [-0.2, -0.15) is 5.10 Å². The third kappa shape index (κ3) is 6.35. The number of aliphatic hydroxyl groups is 1. The Balaban J connectivity index is 1.85. The molecule has 0 saturated carbocycles. The number of aliphatic hydroxyl groups excluding tert-OH is 1. The maximum Gasteiger partial charge on any atom is 0.191 e. The van der Waals surface area contributed by atoms with E-state index in [1.807, 2.05) is 14.0 Å². The van der Waals surface area contributed by atoms with Gasteiger partial charge in [-0.15, -0.1) is 0 Å². The number of guanidine groups is 1. The molecule has 0 amide bonds. The molecule has 2 heterocycles. The molecule has 1 atom stereocenters. The van der Waals surface area contributed by atoms with E-state index < -0.39 is 0 Å². The quantitative estimate of drug-likeness (QED) is 0.264. The number of rotatable bonds is 11. The van der Waals surface area contributed by atoms with Crippen LogP contribution in [0.5, 0.6) is 0 Å². The van der Waals surface area contributed by atoms with Crippen molar-refractivity contribution in [2.45, 2.75) is 33.1 Å². The summed E-state index contributed by atoms with van der Waals surface area (Å²) in [7, 11) is 1.86. The fourth-order valence-corrected chi connectivity index (χ4v) is 2.94. The van der Waals surface area contributed by atoms with E-state index in [0.717, 1.165) is 55.2 Å². The molecule has 0 spiro atoms. The first-order valence-electron chi connectivity index (χ1n) is 9.69. The van der Waals surface area contributed by atoms with E-state index in [0.29, 0.717) is 19.0 Å². The number of nitrogens with one attached hydrogen (secondary N) is 3. The number of hydrogen-bond acceptors (Lipinski definition) is 6. The van der Waals surface area contributed by atoms with Crippen LogP contribution in [0, 0.1) is 5.92 Å². The van der Waals surface area contributed by atoms with Crippen molar-refractivity contribution in [1.29, 1.82) is 0 Å². The lowest BCUT2D eigenvalue weighted by atomic mass is 10.0. The number of aromatic nitrogens is 4. The lowest BCUT2D eigenvalue weighted by Gasteiger charge is -2.15. The van der Waals surface area contributed by atoms with Crippen molar-refractivity contribution >= 4 is 22.8 Å². The lowest BCUT2D eigenvalue weighted by Crippen LogP contribution is -2.40. The second-order valence-electron chi connectivity index (χ2n) is 6.47. The van der Waals surface area contributed by atoms with Crippen molar-refractivity contribution in [1.82, 2.24) is 30.4 Å². The molecule has 150 valence electrons. The molecule has 0 bridgehead atoms. The second kappa shape index (κ2) is 11.3. The number of hydrogen-bond donors (Lipinski definition) is 4. The SMILES string of the molecule is CCCC(CCO)CN=C(NCC)NCCNc1ncnc2c1cnn2C. The summed E-state index contributed by atoms with van der Waals surface area (Å²) in [4.78, 5) is 13.2. The number of nitrogens with zero attached hydrogens (tertiary/aromatic N) is 5. The van der Waals surface area contributed by atoms with E-state index in [2.05, 4.69) is 42.9 Å². The zero-order valence-corrected chi connectivity index (χ0v) is 16.6. The highest BCUT2D eigenvalue weighted by atomic mass is 16.3. The molecule has 1 unspecified atom stereocenters. The van der Waals surface area contributed by atoms with E-state index in [1.165, 1.54) is 0 Å². The number of fused-ring (bicyclic) bond motifs is 1. The predicted molar refractivity (Wildman–Crippen MR) is 109 cm³/mol. The first kappa shape index (κ1) is 20.9. The molecule has 4 N–H and O–H groups in total. The summed E-state index contributed by atoms with van der Waals surface area (Å²) in [6.07, 6.45) is 6.30. The fourth-order valence-electron chi connectivity index (χ4n) is 2.94. The topological polar surface area (TPSA) is 112 Å². The second-order valence-corrected chi connectivity index (χ2v) is 6.47.